The Morgan fingerprint density at radius 3 is 1.56 bits per heavy atom. The summed E-state index contributed by atoms with van der Waals surface area (Å²) in [6, 6.07) is 64.3. The first-order valence-corrected chi connectivity index (χ1v) is 18.2. The second-order valence-electron chi connectivity index (χ2n) is 13.2. The Bertz CT molecular complexity index is 2610. The van der Waals surface area contributed by atoms with Gasteiger partial charge in [-0.1, -0.05) is 151 Å². The first-order chi connectivity index (χ1) is 25.7. The van der Waals surface area contributed by atoms with E-state index in [1.54, 1.807) is 0 Å². The number of benzene rings is 7. The van der Waals surface area contributed by atoms with E-state index in [1.165, 1.54) is 43.2 Å². The lowest BCUT2D eigenvalue weighted by molar-refractivity contribution is 0.722. The maximum Gasteiger partial charge on any atom is 0.160 e. The van der Waals surface area contributed by atoms with Gasteiger partial charge in [0.2, 0.25) is 0 Å². The lowest BCUT2D eigenvalue weighted by atomic mass is 9.67. The third-order valence-electron chi connectivity index (χ3n) is 10.4. The van der Waals surface area contributed by atoms with Gasteiger partial charge in [-0.05, 0) is 80.9 Å². The summed E-state index contributed by atoms with van der Waals surface area (Å²) >= 11 is 1.83. The molecule has 1 spiro atoms. The molecule has 1 aliphatic heterocycles. The van der Waals surface area contributed by atoms with Gasteiger partial charge in [0, 0.05) is 26.5 Å². The molecule has 0 atom stereocenters. The second-order valence-corrected chi connectivity index (χ2v) is 14.3. The maximum absolute atomic E-state index is 10.0. The van der Waals surface area contributed by atoms with Crippen molar-refractivity contribution in [1.29, 1.82) is 5.26 Å². The molecule has 2 heterocycles. The van der Waals surface area contributed by atoms with E-state index < -0.39 is 5.41 Å². The summed E-state index contributed by atoms with van der Waals surface area (Å²) in [6.07, 6.45) is 0. The minimum Gasteiger partial charge on any atom is -0.228 e. The number of nitrogens with zero attached hydrogens (tertiary/aromatic N) is 3. The summed E-state index contributed by atoms with van der Waals surface area (Å²) < 4.78 is 0. The highest BCUT2D eigenvalue weighted by Crippen LogP contribution is 2.62. The SMILES string of the molecule is N#Cc1ccc2c(c1)C1(c3ccccc3Sc3ccccc31)c1cc(-c3ccc(-c4cc(-c5ccccc5)nc(-c5ccccc5)n4)cc3)ccc1-2. The van der Waals surface area contributed by atoms with Crippen molar-refractivity contribution in [1.82, 2.24) is 9.97 Å². The molecule has 7 aromatic carbocycles. The molecule has 3 nitrogen and oxygen atoms in total. The first-order valence-electron chi connectivity index (χ1n) is 17.4. The minimum absolute atomic E-state index is 0.547. The molecule has 2 aliphatic rings. The van der Waals surface area contributed by atoms with Crippen LogP contribution in [-0.4, -0.2) is 9.97 Å². The Kier molecular flexibility index (Phi) is 7.02. The fraction of sp³-hybridized carbons (Fsp3) is 0.0208. The van der Waals surface area contributed by atoms with Crippen LogP contribution in [0.1, 0.15) is 27.8 Å². The molecule has 10 rings (SSSR count). The second kappa shape index (κ2) is 12.1. The fourth-order valence-corrected chi connectivity index (χ4v) is 9.24. The van der Waals surface area contributed by atoms with Crippen LogP contribution in [0.25, 0.3) is 56.2 Å². The molecule has 1 aliphatic carbocycles. The predicted octanol–water partition coefficient (Wildman–Crippen LogP) is 11.8. The van der Waals surface area contributed by atoms with Gasteiger partial charge in [0.15, 0.2) is 5.82 Å². The number of hydrogen-bond donors (Lipinski definition) is 0. The molecule has 0 unspecified atom stereocenters. The molecule has 0 amide bonds. The maximum atomic E-state index is 10.0. The van der Waals surface area contributed by atoms with Gasteiger partial charge in [0.05, 0.1) is 28.4 Å². The van der Waals surface area contributed by atoms with Crippen LogP contribution < -0.4 is 0 Å². The zero-order valence-corrected chi connectivity index (χ0v) is 28.8. The van der Waals surface area contributed by atoms with Crippen molar-refractivity contribution in [2.45, 2.75) is 15.2 Å². The van der Waals surface area contributed by atoms with E-state index in [1.807, 2.05) is 54.2 Å². The summed E-state index contributed by atoms with van der Waals surface area (Å²) in [5.74, 6) is 0.704. The van der Waals surface area contributed by atoms with E-state index >= 15 is 0 Å². The van der Waals surface area contributed by atoms with Gasteiger partial charge in [0.25, 0.3) is 0 Å². The van der Waals surface area contributed by atoms with E-state index in [0.29, 0.717) is 11.4 Å². The Balaban J connectivity index is 1.12. The number of nitriles is 1. The molecule has 0 bridgehead atoms. The molecule has 4 heteroatoms. The van der Waals surface area contributed by atoms with Crippen LogP contribution in [-0.2, 0) is 5.41 Å². The zero-order chi connectivity index (χ0) is 34.6. The van der Waals surface area contributed by atoms with Gasteiger partial charge in [-0.25, -0.2) is 9.97 Å². The van der Waals surface area contributed by atoms with Crippen molar-refractivity contribution in [2.24, 2.45) is 0 Å². The van der Waals surface area contributed by atoms with Crippen LogP contribution in [0.5, 0.6) is 0 Å². The van der Waals surface area contributed by atoms with Crippen molar-refractivity contribution in [2.75, 3.05) is 0 Å². The quantitative estimate of drug-likeness (QED) is 0.186. The van der Waals surface area contributed by atoms with Crippen molar-refractivity contribution < 1.29 is 0 Å². The summed E-state index contributed by atoms with van der Waals surface area (Å²) in [6.45, 7) is 0. The van der Waals surface area contributed by atoms with Crippen LogP contribution >= 0.6 is 11.8 Å². The van der Waals surface area contributed by atoms with E-state index in [2.05, 4.69) is 140 Å². The molecule has 1 aromatic heterocycles. The van der Waals surface area contributed by atoms with Crippen LogP contribution in [0, 0.1) is 11.3 Å². The average molecular weight is 680 g/mol. The number of rotatable bonds is 4. The molecule has 242 valence electrons. The fourth-order valence-electron chi connectivity index (χ4n) is 8.05. The molecular weight excluding hydrogens is 651 g/mol. The summed E-state index contributed by atoms with van der Waals surface area (Å²) in [5.41, 5.74) is 14.5. The van der Waals surface area contributed by atoms with Crippen LogP contribution in [0.4, 0.5) is 0 Å². The van der Waals surface area contributed by atoms with Gasteiger partial charge >= 0.3 is 0 Å². The molecule has 52 heavy (non-hydrogen) atoms. The molecule has 0 saturated heterocycles. The topological polar surface area (TPSA) is 49.6 Å². The normalized spacial score (nSPS) is 13.1. The molecule has 0 saturated carbocycles. The highest BCUT2D eigenvalue weighted by molar-refractivity contribution is 7.99. The molecule has 0 fully saturated rings. The first kappa shape index (κ1) is 30.3. The smallest absolute Gasteiger partial charge is 0.160 e. The lowest BCUT2D eigenvalue weighted by Crippen LogP contribution is -2.32. The van der Waals surface area contributed by atoms with Crippen molar-refractivity contribution >= 4 is 11.8 Å². The Hall–Kier alpha value is -6.54. The van der Waals surface area contributed by atoms with Gasteiger partial charge in [-0.15, -0.1) is 0 Å². The monoisotopic (exact) mass is 679 g/mol. The van der Waals surface area contributed by atoms with Gasteiger partial charge in [-0.3, -0.25) is 0 Å². The lowest BCUT2D eigenvalue weighted by Gasteiger charge is -2.39. The third kappa shape index (κ3) is 4.67. The Morgan fingerprint density at radius 1 is 0.423 bits per heavy atom. The highest BCUT2D eigenvalue weighted by Gasteiger charge is 2.50. The summed E-state index contributed by atoms with van der Waals surface area (Å²) in [4.78, 5) is 12.5. The molecule has 0 radical (unpaired) electrons. The minimum atomic E-state index is -0.547. The van der Waals surface area contributed by atoms with E-state index in [-0.39, 0.29) is 0 Å². The van der Waals surface area contributed by atoms with Crippen molar-refractivity contribution in [3.8, 4) is 62.2 Å². The van der Waals surface area contributed by atoms with Crippen LogP contribution in [0.15, 0.2) is 186 Å². The van der Waals surface area contributed by atoms with Gasteiger partial charge in [-0.2, -0.15) is 5.26 Å². The Morgan fingerprint density at radius 2 is 0.923 bits per heavy atom. The van der Waals surface area contributed by atoms with Crippen LogP contribution in [0.3, 0.4) is 0 Å². The highest BCUT2D eigenvalue weighted by atomic mass is 32.2. The van der Waals surface area contributed by atoms with Crippen molar-refractivity contribution in [3.05, 3.63) is 204 Å². The number of aromatic nitrogens is 2. The van der Waals surface area contributed by atoms with Crippen molar-refractivity contribution in [3.63, 3.8) is 0 Å². The number of hydrogen-bond acceptors (Lipinski definition) is 4. The number of fused-ring (bicyclic) bond motifs is 9. The van der Waals surface area contributed by atoms with Crippen LogP contribution in [0.2, 0.25) is 0 Å². The van der Waals surface area contributed by atoms with Gasteiger partial charge in [0.1, 0.15) is 0 Å². The average Bonchev–Trinajstić information content (AvgIpc) is 3.50. The standard InChI is InChI=1S/C48H29N3S/c49-30-31-19-25-37-38-26-24-36(28-42(38)48(41(37)27-31)39-15-7-9-17-45(39)52-46-18-10-8-16-40(46)48)32-20-22-34(23-21-32)44-29-43(33-11-3-1-4-12-33)50-47(51-44)35-13-5-2-6-14-35/h1-29H. The molecule has 0 N–H and O–H groups in total. The van der Waals surface area contributed by atoms with E-state index in [9.17, 15) is 5.26 Å². The van der Waals surface area contributed by atoms with Gasteiger partial charge < -0.3 is 0 Å². The zero-order valence-electron chi connectivity index (χ0n) is 28.0. The Labute approximate surface area is 307 Å². The predicted molar refractivity (Wildman–Crippen MR) is 210 cm³/mol. The third-order valence-corrected chi connectivity index (χ3v) is 11.6. The summed E-state index contributed by atoms with van der Waals surface area (Å²) in [7, 11) is 0. The largest absolute Gasteiger partial charge is 0.228 e. The molecular formula is C48H29N3S. The summed E-state index contributed by atoms with van der Waals surface area (Å²) in [5, 5.41) is 10.0. The van der Waals surface area contributed by atoms with E-state index in [4.69, 9.17) is 9.97 Å². The molecule has 8 aromatic rings. The van der Waals surface area contributed by atoms with E-state index in [0.717, 1.165) is 39.2 Å².